The lowest BCUT2D eigenvalue weighted by Gasteiger charge is -1.86. The Hall–Kier alpha value is -1.52. The Morgan fingerprint density at radius 1 is 1.67 bits per heavy atom. The van der Waals surface area contributed by atoms with Crippen LogP contribution in [0.2, 0.25) is 0 Å². The Balaban J connectivity index is 2.98. The smallest absolute Gasteiger partial charge is 0.270 e. The van der Waals surface area contributed by atoms with Crippen LogP contribution < -0.4 is 5.73 Å². The molecule has 0 saturated heterocycles. The summed E-state index contributed by atoms with van der Waals surface area (Å²) in [5.74, 6) is -0.615. The van der Waals surface area contributed by atoms with E-state index in [0.29, 0.717) is 0 Å². The van der Waals surface area contributed by atoms with Crippen molar-refractivity contribution in [2.24, 2.45) is 5.73 Å². The summed E-state index contributed by atoms with van der Waals surface area (Å²) in [5.41, 5.74) is 4.91. The van der Waals surface area contributed by atoms with Crippen molar-refractivity contribution in [1.82, 2.24) is 15.2 Å². The Kier molecular flexibility index (Phi) is 1.35. The van der Waals surface area contributed by atoms with Crippen LogP contribution in [0.1, 0.15) is 10.5 Å². The van der Waals surface area contributed by atoms with E-state index in [2.05, 4.69) is 15.2 Å². The third-order valence-electron chi connectivity index (χ3n) is 0.733. The highest BCUT2D eigenvalue weighted by atomic mass is 16.1. The van der Waals surface area contributed by atoms with Crippen LogP contribution in [0.25, 0.3) is 0 Å². The van der Waals surface area contributed by atoms with Gasteiger partial charge in [-0.05, 0) is 0 Å². The van der Waals surface area contributed by atoms with E-state index in [-0.39, 0.29) is 5.69 Å². The van der Waals surface area contributed by atoms with E-state index in [1.807, 2.05) is 0 Å². The predicted octanol–water partition coefficient (Wildman–Crippen LogP) is -1.03. The minimum Gasteiger partial charge on any atom is -0.364 e. The number of primary amides is 1. The van der Waals surface area contributed by atoms with Crippen molar-refractivity contribution in [2.45, 2.75) is 0 Å². The summed E-state index contributed by atoms with van der Waals surface area (Å²) < 4.78 is 0. The van der Waals surface area contributed by atoms with Crippen LogP contribution in [0, 0.1) is 0 Å². The van der Waals surface area contributed by atoms with Crippen molar-refractivity contribution in [2.75, 3.05) is 0 Å². The van der Waals surface area contributed by atoms with Gasteiger partial charge in [0.1, 0.15) is 6.33 Å². The van der Waals surface area contributed by atoms with Gasteiger partial charge in [-0.1, -0.05) is 0 Å². The molecule has 5 nitrogen and oxygen atoms in total. The molecule has 46 valence electrons. The van der Waals surface area contributed by atoms with Crippen LogP contribution in [-0.2, 0) is 0 Å². The maximum absolute atomic E-state index is 10.3. The third-order valence-corrected chi connectivity index (χ3v) is 0.733. The number of nitrogens with two attached hydrogens (primary N) is 1. The highest BCUT2D eigenvalue weighted by molar-refractivity contribution is 5.90. The van der Waals surface area contributed by atoms with Gasteiger partial charge in [0.2, 0.25) is 0 Å². The van der Waals surface area contributed by atoms with Crippen molar-refractivity contribution in [3.63, 3.8) is 0 Å². The molecule has 0 bridgehead atoms. The molecule has 0 radical (unpaired) electrons. The van der Waals surface area contributed by atoms with Gasteiger partial charge in [-0.25, -0.2) is 4.98 Å². The Labute approximate surface area is 50.9 Å². The third kappa shape index (κ3) is 1.18. The molecule has 0 aliphatic carbocycles. The number of carbonyl (C=O) groups excluding carboxylic acids is 1. The molecule has 1 amide bonds. The molecule has 5 heteroatoms. The van der Waals surface area contributed by atoms with E-state index < -0.39 is 5.91 Å². The first kappa shape index (κ1) is 5.61. The lowest BCUT2D eigenvalue weighted by atomic mass is 10.5. The van der Waals surface area contributed by atoms with E-state index >= 15 is 0 Å². The second-order valence-corrected chi connectivity index (χ2v) is 1.36. The fourth-order valence-corrected chi connectivity index (χ4v) is 0.360. The molecule has 0 aliphatic heterocycles. The van der Waals surface area contributed by atoms with E-state index in [4.69, 9.17) is 5.73 Å². The van der Waals surface area contributed by atoms with Gasteiger partial charge >= 0.3 is 0 Å². The lowest BCUT2D eigenvalue weighted by molar-refractivity contribution is 0.0994. The largest absolute Gasteiger partial charge is 0.364 e. The van der Waals surface area contributed by atoms with Gasteiger partial charge in [-0.3, -0.25) is 4.79 Å². The van der Waals surface area contributed by atoms with E-state index in [9.17, 15) is 4.79 Å². The molecule has 9 heavy (non-hydrogen) atoms. The molecule has 0 aromatic carbocycles. The van der Waals surface area contributed by atoms with Gasteiger partial charge in [0.25, 0.3) is 5.91 Å². The number of carbonyl (C=O) groups is 1. The molecule has 0 aliphatic rings. The Morgan fingerprint density at radius 3 is 2.78 bits per heavy atom. The number of amides is 1. The molecule has 0 atom stereocenters. The van der Waals surface area contributed by atoms with Crippen molar-refractivity contribution in [3.8, 4) is 0 Å². The average molecular weight is 124 g/mol. The zero-order valence-corrected chi connectivity index (χ0v) is 4.48. The highest BCUT2D eigenvalue weighted by Gasteiger charge is 1.98. The van der Waals surface area contributed by atoms with Gasteiger partial charge in [0, 0.05) is 0 Å². The van der Waals surface area contributed by atoms with Crippen LogP contribution >= 0.6 is 0 Å². The Morgan fingerprint density at radius 2 is 2.44 bits per heavy atom. The SMILES string of the molecule is NC(=O)c1cncnn1. The second kappa shape index (κ2) is 2.17. The first-order valence-electron chi connectivity index (χ1n) is 2.23. The van der Waals surface area contributed by atoms with E-state index in [1.165, 1.54) is 12.5 Å². The quantitative estimate of drug-likeness (QED) is 0.519. The fraction of sp³-hybridized carbons (Fsp3) is 0. The molecule has 0 fully saturated rings. The zero-order chi connectivity index (χ0) is 6.69. The summed E-state index contributed by atoms with van der Waals surface area (Å²) in [6.45, 7) is 0. The molecule has 1 rings (SSSR count). The number of hydrogen-bond acceptors (Lipinski definition) is 4. The van der Waals surface area contributed by atoms with E-state index in [0.717, 1.165) is 0 Å². The van der Waals surface area contributed by atoms with E-state index in [1.54, 1.807) is 0 Å². The van der Waals surface area contributed by atoms with Crippen LogP contribution in [-0.4, -0.2) is 21.1 Å². The normalized spacial score (nSPS) is 8.89. The lowest BCUT2D eigenvalue weighted by Crippen LogP contribution is -2.13. The van der Waals surface area contributed by atoms with Crippen LogP contribution in [0.3, 0.4) is 0 Å². The topological polar surface area (TPSA) is 81.8 Å². The molecule has 1 heterocycles. The Bertz CT molecular complexity index is 209. The maximum atomic E-state index is 10.3. The number of aromatic nitrogens is 3. The molecule has 1 aromatic rings. The summed E-state index contributed by atoms with van der Waals surface area (Å²) in [7, 11) is 0. The first-order chi connectivity index (χ1) is 4.30. The molecule has 0 unspecified atom stereocenters. The number of nitrogens with zero attached hydrogens (tertiary/aromatic N) is 3. The first-order valence-corrected chi connectivity index (χ1v) is 2.23. The van der Waals surface area contributed by atoms with Gasteiger partial charge < -0.3 is 5.73 Å². The highest BCUT2D eigenvalue weighted by Crippen LogP contribution is 1.82. The molecule has 0 saturated carbocycles. The van der Waals surface area contributed by atoms with Gasteiger partial charge in [0.15, 0.2) is 5.69 Å². The molecular formula is C4H4N4O. The van der Waals surface area contributed by atoms with Gasteiger partial charge in [-0.15, -0.1) is 10.2 Å². The van der Waals surface area contributed by atoms with Crippen molar-refractivity contribution < 1.29 is 4.79 Å². The summed E-state index contributed by atoms with van der Waals surface area (Å²) in [6, 6.07) is 0. The zero-order valence-electron chi connectivity index (χ0n) is 4.48. The summed E-state index contributed by atoms with van der Waals surface area (Å²) in [5, 5.41) is 6.74. The molecule has 1 aromatic heterocycles. The summed E-state index contributed by atoms with van der Waals surface area (Å²) in [4.78, 5) is 13.8. The minimum atomic E-state index is -0.615. The predicted molar refractivity (Wildman–Crippen MR) is 28.3 cm³/mol. The second-order valence-electron chi connectivity index (χ2n) is 1.36. The van der Waals surface area contributed by atoms with Crippen molar-refractivity contribution >= 4 is 5.91 Å². The molecule has 0 spiro atoms. The van der Waals surface area contributed by atoms with Crippen LogP contribution in [0.5, 0.6) is 0 Å². The van der Waals surface area contributed by atoms with Crippen molar-refractivity contribution in [3.05, 3.63) is 18.2 Å². The average Bonchev–Trinajstić information content (AvgIpc) is 1.90. The molecular weight excluding hydrogens is 120 g/mol. The minimum absolute atomic E-state index is 0.0810. The maximum Gasteiger partial charge on any atom is 0.270 e. The summed E-state index contributed by atoms with van der Waals surface area (Å²) in [6.07, 6.45) is 2.49. The van der Waals surface area contributed by atoms with Crippen LogP contribution in [0.15, 0.2) is 12.5 Å². The monoisotopic (exact) mass is 124 g/mol. The standard InChI is InChI=1S/C4H4N4O/c5-4(9)3-1-6-2-7-8-3/h1-2H,(H2,5,9). The van der Waals surface area contributed by atoms with Gasteiger partial charge in [-0.2, -0.15) is 0 Å². The fourth-order valence-electron chi connectivity index (χ4n) is 0.360. The van der Waals surface area contributed by atoms with Crippen LogP contribution in [0.4, 0.5) is 0 Å². The molecule has 2 N–H and O–H groups in total. The summed E-state index contributed by atoms with van der Waals surface area (Å²) >= 11 is 0. The van der Waals surface area contributed by atoms with Gasteiger partial charge in [0.05, 0.1) is 6.20 Å². The van der Waals surface area contributed by atoms with Crippen molar-refractivity contribution in [1.29, 1.82) is 0 Å². The number of rotatable bonds is 1. The number of hydrogen-bond donors (Lipinski definition) is 1.